The minimum atomic E-state index is -3.43. The lowest BCUT2D eigenvalue weighted by atomic mass is 9.99. The van der Waals surface area contributed by atoms with Crippen LogP contribution in [0, 0.1) is 0 Å². The Morgan fingerprint density at radius 2 is 1.74 bits per heavy atom. The first kappa shape index (κ1) is 29.5. The van der Waals surface area contributed by atoms with Crippen LogP contribution in [-0.4, -0.2) is 73.7 Å². The summed E-state index contributed by atoms with van der Waals surface area (Å²) in [5.41, 5.74) is 8.91. The van der Waals surface area contributed by atoms with Gasteiger partial charge in [0.05, 0.1) is 18.4 Å². The third kappa shape index (κ3) is 8.64. The second kappa shape index (κ2) is 12.8. The highest BCUT2D eigenvalue weighted by Crippen LogP contribution is 2.23. The normalized spacial score (nSPS) is 12.8. The number of carboxylic acid groups (broad SMARTS) is 1. The van der Waals surface area contributed by atoms with Gasteiger partial charge >= 0.3 is 11.9 Å². The van der Waals surface area contributed by atoms with Crippen molar-refractivity contribution < 1.29 is 37.4 Å². The van der Waals surface area contributed by atoms with Crippen molar-refractivity contribution in [1.29, 1.82) is 0 Å². The van der Waals surface area contributed by atoms with Crippen LogP contribution in [0.1, 0.15) is 38.2 Å². The number of aliphatic imine (C=N–C) groups is 1. The summed E-state index contributed by atoms with van der Waals surface area (Å²) in [4.78, 5) is 53.9. The van der Waals surface area contributed by atoms with Crippen molar-refractivity contribution in [3.63, 3.8) is 0 Å². The lowest BCUT2D eigenvalue weighted by molar-refractivity contribution is -0.170. The number of benzene rings is 1. The van der Waals surface area contributed by atoms with Gasteiger partial charge in [0.25, 0.3) is 0 Å². The van der Waals surface area contributed by atoms with Gasteiger partial charge in [-0.05, 0) is 30.5 Å². The molecule has 13 nitrogen and oxygen atoms in total. The Hall–Kier alpha value is -3.52. The summed E-state index contributed by atoms with van der Waals surface area (Å²) in [5, 5.41) is 13.0. The molecular formula is C21H31N5O8S. The molecule has 0 aliphatic carbocycles. The van der Waals surface area contributed by atoms with Gasteiger partial charge in [0.1, 0.15) is 0 Å². The van der Waals surface area contributed by atoms with E-state index in [9.17, 15) is 32.7 Å². The van der Waals surface area contributed by atoms with Crippen LogP contribution in [0.25, 0.3) is 0 Å². The zero-order valence-electron chi connectivity index (χ0n) is 19.8. The van der Waals surface area contributed by atoms with Gasteiger partial charge in [0.15, 0.2) is 21.5 Å². The van der Waals surface area contributed by atoms with Gasteiger partial charge in [0.2, 0.25) is 11.8 Å². The van der Waals surface area contributed by atoms with Crippen LogP contribution in [-0.2, 0) is 40.3 Å². The number of guanidine groups is 1. The van der Waals surface area contributed by atoms with Gasteiger partial charge in [-0.1, -0.05) is 12.1 Å². The second-order valence-corrected chi connectivity index (χ2v) is 9.69. The van der Waals surface area contributed by atoms with E-state index >= 15 is 0 Å². The van der Waals surface area contributed by atoms with Crippen molar-refractivity contribution in [3.8, 4) is 0 Å². The molecule has 0 fully saturated rings. The molecule has 1 atom stereocenters. The predicted molar refractivity (Wildman–Crippen MR) is 125 cm³/mol. The fourth-order valence-corrected chi connectivity index (χ4v) is 3.91. The highest BCUT2D eigenvalue weighted by atomic mass is 32.2. The van der Waals surface area contributed by atoms with Crippen molar-refractivity contribution in [3.05, 3.63) is 29.8 Å². The Labute approximate surface area is 203 Å². The molecule has 0 aliphatic heterocycles. The fraction of sp³-hybridized carbons (Fsp3) is 0.476. The van der Waals surface area contributed by atoms with Crippen LogP contribution in [0.5, 0.6) is 0 Å². The number of hydrogen-bond acceptors (Lipinski definition) is 9. The smallest absolute Gasteiger partial charge is 0.345 e. The lowest BCUT2D eigenvalue weighted by Crippen LogP contribution is -2.67. The first-order valence-electron chi connectivity index (χ1n) is 10.5. The zero-order valence-corrected chi connectivity index (χ0v) is 20.6. The monoisotopic (exact) mass is 513 g/mol. The Kier molecular flexibility index (Phi) is 10.8. The number of rotatable bonds is 13. The molecule has 0 aromatic heterocycles. The van der Waals surface area contributed by atoms with Crippen LogP contribution in [0.3, 0.4) is 0 Å². The van der Waals surface area contributed by atoms with Crippen LogP contribution >= 0.6 is 0 Å². The van der Waals surface area contributed by atoms with Crippen LogP contribution < -0.4 is 16.8 Å². The number of imide groups is 1. The van der Waals surface area contributed by atoms with Gasteiger partial charge < -0.3 is 21.3 Å². The predicted octanol–water partition coefficient (Wildman–Crippen LogP) is -0.657. The fourth-order valence-electron chi connectivity index (χ4n) is 3.28. The summed E-state index contributed by atoms with van der Waals surface area (Å²) in [6, 6.07) is 5.68. The number of amides is 2. The number of ether oxygens (including phenoxy) is 1. The van der Waals surface area contributed by atoms with Gasteiger partial charge in [-0.3, -0.25) is 29.6 Å². The van der Waals surface area contributed by atoms with Gasteiger partial charge in [0, 0.05) is 32.7 Å². The van der Waals surface area contributed by atoms with Crippen molar-refractivity contribution in [2.24, 2.45) is 16.5 Å². The molecule has 0 aliphatic rings. The minimum Gasteiger partial charge on any atom is -0.478 e. The molecular weight excluding hydrogens is 482 g/mol. The molecule has 6 N–H and O–H groups in total. The van der Waals surface area contributed by atoms with Crippen LogP contribution in [0.4, 0.5) is 0 Å². The highest BCUT2D eigenvalue weighted by molar-refractivity contribution is 7.90. The third-order valence-electron chi connectivity index (χ3n) is 5.00. The quantitative estimate of drug-likeness (QED) is 0.0854. The van der Waals surface area contributed by atoms with E-state index in [1.54, 1.807) is 0 Å². The average molecular weight is 514 g/mol. The molecule has 14 heteroatoms. The highest BCUT2D eigenvalue weighted by Gasteiger charge is 2.48. The summed E-state index contributed by atoms with van der Waals surface area (Å²) >= 11 is 0. The van der Waals surface area contributed by atoms with E-state index in [0.29, 0.717) is 10.5 Å². The van der Waals surface area contributed by atoms with Crippen molar-refractivity contribution in [2.75, 3.05) is 19.9 Å². The largest absolute Gasteiger partial charge is 0.478 e. The number of methoxy groups -OCH3 is 1. The standard InChI is InChI=1S/C21H31N5O8S/c1-14(27)26(17(28)9-10-18(29)34-2)21(19(30)31,11-4-12-24-20(22)23)25-13-15-5-7-16(8-6-15)35(3,32)33/h5-8,25H,4,9-13H2,1-3H3,(H,30,31)(H4,22,23,24)/t21-/m0/s1. The summed E-state index contributed by atoms with van der Waals surface area (Å²) in [5.74, 6) is -4.18. The molecule has 0 unspecified atom stereocenters. The Morgan fingerprint density at radius 1 is 1.14 bits per heavy atom. The van der Waals surface area contributed by atoms with Crippen molar-refractivity contribution in [2.45, 2.75) is 49.7 Å². The average Bonchev–Trinajstić information content (AvgIpc) is 2.77. The number of carbonyl (C=O) groups excluding carboxylic acids is 3. The van der Waals surface area contributed by atoms with E-state index in [0.717, 1.165) is 20.3 Å². The molecule has 1 aromatic carbocycles. The number of hydrogen-bond donors (Lipinski definition) is 4. The summed E-state index contributed by atoms with van der Waals surface area (Å²) in [6.07, 6.45) is 0.0645. The molecule has 0 heterocycles. The third-order valence-corrected chi connectivity index (χ3v) is 6.13. The number of nitrogens with two attached hydrogens (primary N) is 2. The number of aliphatic carboxylic acids is 1. The van der Waals surface area contributed by atoms with Crippen LogP contribution in [0.15, 0.2) is 34.2 Å². The first-order chi connectivity index (χ1) is 16.2. The second-order valence-electron chi connectivity index (χ2n) is 7.67. The molecule has 1 rings (SSSR count). The van der Waals surface area contributed by atoms with E-state index in [4.69, 9.17) is 11.5 Å². The molecule has 1 aromatic rings. The SMILES string of the molecule is COC(=O)CCC(=O)N(C(C)=O)[C@](CCCN=C(N)N)(NCc1ccc(S(C)(=O)=O)cc1)C(=O)O. The maximum atomic E-state index is 12.9. The van der Waals surface area contributed by atoms with Gasteiger partial charge in [-0.15, -0.1) is 0 Å². The number of sulfone groups is 1. The number of esters is 1. The van der Waals surface area contributed by atoms with Gasteiger partial charge in [-0.2, -0.15) is 0 Å². The molecule has 0 radical (unpaired) electrons. The maximum absolute atomic E-state index is 12.9. The van der Waals surface area contributed by atoms with Crippen molar-refractivity contribution in [1.82, 2.24) is 10.2 Å². The molecule has 35 heavy (non-hydrogen) atoms. The topological polar surface area (TPSA) is 212 Å². The molecule has 2 amide bonds. The van der Waals surface area contributed by atoms with E-state index in [1.807, 2.05) is 0 Å². The van der Waals surface area contributed by atoms with Crippen LogP contribution in [0.2, 0.25) is 0 Å². The lowest BCUT2D eigenvalue weighted by Gasteiger charge is -2.39. The molecule has 0 saturated heterocycles. The molecule has 0 bridgehead atoms. The van der Waals surface area contributed by atoms with E-state index in [-0.39, 0.29) is 43.2 Å². The summed E-state index contributed by atoms with van der Waals surface area (Å²) in [7, 11) is -2.30. The van der Waals surface area contributed by atoms with Crippen molar-refractivity contribution >= 4 is 39.5 Å². The zero-order chi connectivity index (χ0) is 26.8. The number of carbonyl (C=O) groups is 4. The molecule has 0 saturated carbocycles. The Bertz CT molecular complexity index is 1070. The van der Waals surface area contributed by atoms with E-state index in [1.165, 1.54) is 24.3 Å². The van der Waals surface area contributed by atoms with Gasteiger partial charge in [-0.25, -0.2) is 13.2 Å². The maximum Gasteiger partial charge on any atom is 0.345 e. The summed E-state index contributed by atoms with van der Waals surface area (Å²) in [6.45, 7) is 0.934. The summed E-state index contributed by atoms with van der Waals surface area (Å²) < 4.78 is 27.9. The Balaban J connectivity index is 3.34. The molecule has 0 spiro atoms. The number of carboxylic acids is 1. The van der Waals surface area contributed by atoms with E-state index in [2.05, 4.69) is 15.0 Å². The minimum absolute atomic E-state index is 0.0319. The number of nitrogens with one attached hydrogen (secondary N) is 1. The van der Waals surface area contributed by atoms with E-state index < -0.39 is 45.7 Å². The Morgan fingerprint density at radius 3 is 2.20 bits per heavy atom. The molecule has 194 valence electrons. The number of nitrogens with zero attached hydrogens (tertiary/aromatic N) is 2. The first-order valence-corrected chi connectivity index (χ1v) is 12.4.